The summed E-state index contributed by atoms with van der Waals surface area (Å²) < 4.78 is 39.4. The Morgan fingerprint density at radius 3 is 2.53 bits per heavy atom. The van der Waals surface area contributed by atoms with Crippen molar-refractivity contribution < 1.29 is 12.9 Å². The number of para-hydroxylation sites is 1. The summed E-state index contributed by atoms with van der Waals surface area (Å²) in [4.78, 5) is 0. The van der Waals surface area contributed by atoms with Gasteiger partial charge in [-0.05, 0) is 23.6 Å². The van der Waals surface area contributed by atoms with Gasteiger partial charge in [-0.2, -0.15) is 5.10 Å². The Balaban J connectivity index is 2.58. The van der Waals surface area contributed by atoms with Crippen LogP contribution in [0.25, 0.3) is 5.69 Å². The van der Waals surface area contributed by atoms with Gasteiger partial charge in [0.25, 0.3) is 0 Å². The third-order valence-corrected chi connectivity index (χ3v) is 2.61. The third-order valence-electron chi connectivity index (χ3n) is 2.61. The van der Waals surface area contributed by atoms with Crippen molar-refractivity contribution in [2.24, 2.45) is 0 Å². The number of halogens is 3. The minimum Gasteiger partial charge on any atom is -0.444 e. The fourth-order valence-corrected chi connectivity index (χ4v) is 1.78. The molecule has 1 aromatic carbocycles. The first-order valence-corrected chi connectivity index (χ1v) is 5.36. The van der Waals surface area contributed by atoms with Crippen molar-refractivity contribution >= 4 is 12.6 Å². The van der Waals surface area contributed by atoms with E-state index in [9.17, 15) is 12.9 Å². The predicted octanol–water partition coefficient (Wildman–Crippen LogP) is 2.49. The summed E-state index contributed by atoms with van der Waals surface area (Å²) >= 11 is 0. The first-order chi connectivity index (χ1) is 8.04. The van der Waals surface area contributed by atoms with E-state index in [0.29, 0.717) is 12.1 Å². The van der Waals surface area contributed by atoms with Gasteiger partial charge in [-0.1, -0.05) is 31.2 Å². The first kappa shape index (κ1) is 11.8. The number of benzene rings is 1. The molecule has 0 aliphatic heterocycles. The maximum Gasteiger partial charge on any atom is 0.527 e. The van der Waals surface area contributed by atoms with E-state index in [-0.39, 0.29) is 0 Å². The Morgan fingerprint density at radius 1 is 1.18 bits per heavy atom. The highest BCUT2D eigenvalue weighted by molar-refractivity contribution is 6.72. The molecule has 1 heterocycles. The summed E-state index contributed by atoms with van der Waals surface area (Å²) in [7, 11) is 0. The molecule has 0 saturated carbocycles. The smallest absolute Gasteiger partial charge is 0.444 e. The summed E-state index contributed by atoms with van der Waals surface area (Å²) in [5.74, 6) is 0. The van der Waals surface area contributed by atoms with E-state index in [1.54, 1.807) is 12.1 Å². The predicted molar refractivity (Wildman–Crippen MR) is 61.7 cm³/mol. The van der Waals surface area contributed by atoms with E-state index in [2.05, 4.69) is 5.10 Å². The van der Waals surface area contributed by atoms with Gasteiger partial charge in [0, 0.05) is 6.20 Å². The van der Waals surface area contributed by atoms with Crippen molar-refractivity contribution in [1.29, 1.82) is 0 Å². The van der Waals surface area contributed by atoms with Crippen LogP contribution in [0.5, 0.6) is 0 Å². The van der Waals surface area contributed by atoms with Crippen molar-refractivity contribution in [2.75, 3.05) is 0 Å². The van der Waals surface area contributed by atoms with Gasteiger partial charge in [-0.25, -0.2) is 0 Å². The van der Waals surface area contributed by atoms with Crippen LogP contribution in [0.4, 0.5) is 12.9 Å². The van der Waals surface area contributed by atoms with Gasteiger partial charge in [-0.3, -0.25) is 4.68 Å². The SMILES string of the molecule is CCc1ccccc1-n1nccc1[B-](F)(F)F. The molecule has 0 saturated heterocycles. The molecule has 0 aliphatic rings. The van der Waals surface area contributed by atoms with E-state index in [1.807, 2.05) is 19.1 Å². The third kappa shape index (κ3) is 2.20. The zero-order valence-electron chi connectivity index (χ0n) is 9.28. The highest BCUT2D eigenvalue weighted by Gasteiger charge is 2.30. The molecule has 90 valence electrons. The summed E-state index contributed by atoms with van der Waals surface area (Å²) in [6.07, 6.45) is 1.84. The topological polar surface area (TPSA) is 17.8 Å². The molecule has 0 fully saturated rings. The second kappa shape index (κ2) is 4.27. The van der Waals surface area contributed by atoms with Crippen LogP contribution in [-0.2, 0) is 6.42 Å². The number of hydrogen-bond donors (Lipinski definition) is 0. The van der Waals surface area contributed by atoms with E-state index in [0.717, 1.165) is 16.3 Å². The number of hydrogen-bond acceptors (Lipinski definition) is 1. The highest BCUT2D eigenvalue weighted by atomic mass is 19.4. The maximum atomic E-state index is 12.8. The van der Waals surface area contributed by atoms with Gasteiger partial charge < -0.3 is 12.9 Å². The minimum atomic E-state index is -5.04. The van der Waals surface area contributed by atoms with Crippen molar-refractivity contribution in [1.82, 2.24) is 9.78 Å². The van der Waals surface area contributed by atoms with Crippen molar-refractivity contribution in [3.05, 3.63) is 42.1 Å². The summed E-state index contributed by atoms with van der Waals surface area (Å²) in [6, 6.07) is 7.99. The highest BCUT2D eigenvalue weighted by Crippen LogP contribution is 2.16. The molecule has 0 aliphatic carbocycles. The van der Waals surface area contributed by atoms with E-state index >= 15 is 0 Å². The molecule has 2 nitrogen and oxygen atoms in total. The molecule has 1 aromatic heterocycles. The van der Waals surface area contributed by atoms with Crippen LogP contribution in [0.2, 0.25) is 0 Å². The van der Waals surface area contributed by atoms with Crippen molar-refractivity contribution in [3.8, 4) is 5.69 Å². The Bertz CT molecular complexity index is 519. The lowest BCUT2D eigenvalue weighted by atomic mass is 9.86. The van der Waals surface area contributed by atoms with Gasteiger partial charge in [-0.15, -0.1) is 0 Å². The van der Waals surface area contributed by atoms with Crippen LogP contribution in [0.3, 0.4) is 0 Å². The zero-order chi connectivity index (χ0) is 12.5. The maximum absolute atomic E-state index is 12.8. The van der Waals surface area contributed by atoms with Crippen LogP contribution >= 0.6 is 0 Å². The summed E-state index contributed by atoms with van der Waals surface area (Å²) in [6.45, 7) is -3.14. The fourth-order valence-electron chi connectivity index (χ4n) is 1.78. The largest absolute Gasteiger partial charge is 0.527 e. The molecule has 0 spiro atoms. The Kier molecular flexibility index (Phi) is 2.96. The Hall–Kier alpha value is -1.72. The molecule has 0 radical (unpaired) electrons. The molecule has 17 heavy (non-hydrogen) atoms. The number of aryl methyl sites for hydroxylation is 1. The van der Waals surface area contributed by atoms with Gasteiger partial charge in [0.1, 0.15) is 0 Å². The lowest BCUT2D eigenvalue weighted by molar-refractivity contribution is 0.495. The van der Waals surface area contributed by atoms with Gasteiger partial charge in [0.05, 0.1) is 5.69 Å². The summed E-state index contributed by atoms with van der Waals surface area (Å²) in [5, 5.41) is 3.77. The minimum absolute atomic E-state index is 0.495. The summed E-state index contributed by atoms with van der Waals surface area (Å²) in [5.41, 5.74) is 0.651. The molecule has 2 rings (SSSR count). The lowest BCUT2D eigenvalue weighted by Crippen LogP contribution is -2.39. The Morgan fingerprint density at radius 2 is 1.88 bits per heavy atom. The molecule has 0 unspecified atom stereocenters. The molecule has 2 aromatic rings. The van der Waals surface area contributed by atoms with Crippen LogP contribution in [0, 0.1) is 0 Å². The first-order valence-electron chi connectivity index (χ1n) is 5.36. The van der Waals surface area contributed by atoms with Crippen LogP contribution < -0.4 is 5.59 Å². The zero-order valence-corrected chi connectivity index (χ0v) is 9.28. The molecule has 0 N–H and O–H groups in total. The van der Waals surface area contributed by atoms with Gasteiger partial charge in [0.15, 0.2) is 0 Å². The second-order valence-corrected chi connectivity index (χ2v) is 3.72. The fraction of sp³-hybridized carbons (Fsp3) is 0.182. The Labute approximate surface area is 97.1 Å². The van der Waals surface area contributed by atoms with E-state index < -0.39 is 12.6 Å². The number of aromatic nitrogens is 2. The van der Waals surface area contributed by atoms with Gasteiger partial charge in [0.2, 0.25) is 0 Å². The lowest BCUT2D eigenvalue weighted by Gasteiger charge is -2.18. The molecular weight excluding hydrogens is 228 g/mol. The molecule has 0 bridgehead atoms. The molecule has 6 heteroatoms. The van der Waals surface area contributed by atoms with Gasteiger partial charge >= 0.3 is 6.98 Å². The van der Waals surface area contributed by atoms with Crippen molar-refractivity contribution in [3.63, 3.8) is 0 Å². The molecule has 0 amide bonds. The van der Waals surface area contributed by atoms with Crippen LogP contribution in [-0.4, -0.2) is 16.8 Å². The average Bonchev–Trinajstić information content (AvgIpc) is 2.77. The van der Waals surface area contributed by atoms with E-state index in [1.165, 1.54) is 6.20 Å². The molecular formula is C11H11BF3N2-. The normalized spacial score (nSPS) is 11.8. The quantitative estimate of drug-likeness (QED) is 0.752. The van der Waals surface area contributed by atoms with E-state index in [4.69, 9.17) is 0 Å². The van der Waals surface area contributed by atoms with Crippen molar-refractivity contribution in [2.45, 2.75) is 13.3 Å². The van der Waals surface area contributed by atoms with Crippen LogP contribution in [0.15, 0.2) is 36.5 Å². The second-order valence-electron chi connectivity index (χ2n) is 3.72. The number of rotatable bonds is 3. The number of nitrogens with zero attached hydrogens (tertiary/aromatic N) is 2. The monoisotopic (exact) mass is 239 g/mol. The van der Waals surface area contributed by atoms with Crippen LogP contribution in [0.1, 0.15) is 12.5 Å². The molecule has 0 atom stereocenters. The standard InChI is InChI=1S/C11H11BF3N2/c1-2-9-5-3-4-6-10(9)17-11(7-8-16-17)12(13,14)15/h3-8H,2H2,1H3/q-1. The average molecular weight is 239 g/mol.